The second kappa shape index (κ2) is 15.5. The molecule has 4 N–H and O–H groups in total. The average Bonchev–Trinajstić information content (AvgIpc) is 3.44. The van der Waals surface area contributed by atoms with Gasteiger partial charge in [0.1, 0.15) is 30.8 Å². The molecule has 9 heteroatoms. The summed E-state index contributed by atoms with van der Waals surface area (Å²) < 4.78 is 12.1. The van der Waals surface area contributed by atoms with E-state index in [2.05, 4.69) is 52.5 Å². The van der Waals surface area contributed by atoms with Crippen LogP contribution in [0.3, 0.4) is 0 Å². The lowest BCUT2D eigenvalue weighted by Gasteiger charge is -2.37. The summed E-state index contributed by atoms with van der Waals surface area (Å²) in [6.45, 7) is 16.0. The molecule has 0 bridgehead atoms. The van der Waals surface area contributed by atoms with Gasteiger partial charge in [-0.25, -0.2) is 4.98 Å². The highest BCUT2D eigenvalue weighted by atomic mass is 16.5. The molecule has 1 saturated carbocycles. The zero-order chi connectivity index (χ0) is 30.7. The van der Waals surface area contributed by atoms with E-state index in [0.717, 1.165) is 29.9 Å². The number of aromatic nitrogens is 1. The van der Waals surface area contributed by atoms with Gasteiger partial charge in [-0.1, -0.05) is 75.7 Å². The van der Waals surface area contributed by atoms with Crippen molar-refractivity contribution in [2.45, 2.75) is 70.2 Å². The number of nitrogens with zero attached hydrogens (tertiary/aromatic N) is 2. The summed E-state index contributed by atoms with van der Waals surface area (Å²) in [5, 5.41) is 19.8. The predicted octanol–water partition coefficient (Wildman–Crippen LogP) is 5.27. The first kappa shape index (κ1) is 31.9. The lowest BCUT2D eigenvalue weighted by Crippen LogP contribution is -2.45. The Bertz CT molecular complexity index is 1220. The first-order valence-corrected chi connectivity index (χ1v) is 15.2. The standard InChI is InChI=1S/C34H47N5O4/c1-25(40)31(38-26(2)34(4)16-10-6-11-17-34)21-37-33(41)24-43-30-19-29(20-36-32-15-9-12-18-35-32)39(22-30)27(3)42-23-28-13-7-5-8-14-28/h5,7-9,12-15,18,29-31,38,40H,1-3,6,10-11,16-17,19-24H2,4H3,(H,35,36)(H,37,41)/t29-,30+,31?/m0/s1. The van der Waals surface area contributed by atoms with Gasteiger partial charge in [0.15, 0.2) is 5.88 Å². The molecule has 1 aromatic carbocycles. The number of aliphatic hydroxyl groups excluding tert-OH is 1. The second-order valence-corrected chi connectivity index (χ2v) is 11.8. The smallest absolute Gasteiger partial charge is 0.246 e. The van der Waals surface area contributed by atoms with Crippen molar-refractivity contribution in [3.05, 3.63) is 97.4 Å². The molecular weight excluding hydrogens is 542 g/mol. The fraction of sp³-hybridized carbons (Fsp3) is 0.471. The van der Waals surface area contributed by atoms with Crippen molar-refractivity contribution in [1.82, 2.24) is 20.5 Å². The number of allylic oxidation sites excluding steroid dienone is 1. The van der Waals surface area contributed by atoms with E-state index in [-0.39, 0.29) is 42.4 Å². The van der Waals surface area contributed by atoms with Crippen LogP contribution in [0.2, 0.25) is 0 Å². The quantitative estimate of drug-likeness (QED) is 0.196. The van der Waals surface area contributed by atoms with Gasteiger partial charge in [0, 0.05) is 36.9 Å². The summed E-state index contributed by atoms with van der Waals surface area (Å²) in [7, 11) is 0. The first-order chi connectivity index (χ1) is 20.7. The molecule has 9 nitrogen and oxygen atoms in total. The predicted molar refractivity (Wildman–Crippen MR) is 170 cm³/mol. The number of carbonyl (C=O) groups is 1. The van der Waals surface area contributed by atoms with Gasteiger partial charge in [-0.15, -0.1) is 0 Å². The number of likely N-dealkylation sites (tertiary alicyclic amines) is 1. The number of amides is 1. The maximum atomic E-state index is 12.8. The maximum absolute atomic E-state index is 12.8. The van der Waals surface area contributed by atoms with Crippen molar-refractivity contribution in [3.63, 3.8) is 0 Å². The number of rotatable bonds is 16. The topological polar surface area (TPSA) is 108 Å². The molecule has 0 radical (unpaired) electrons. The van der Waals surface area contributed by atoms with Crippen LogP contribution in [-0.4, -0.2) is 65.3 Å². The molecule has 4 rings (SSSR count). The number of carbonyl (C=O) groups excluding carboxylic acids is 1. The van der Waals surface area contributed by atoms with Crippen molar-refractivity contribution in [2.75, 3.05) is 31.6 Å². The van der Waals surface area contributed by atoms with Crippen molar-refractivity contribution in [2.24, 2.45) is 5.41 Å². The van der Waals surface area contributed by atoms with E-state index < -0.39 is 6.04 Å². The highest BCUT2D eigenvalue weighted by molar-refractivity contribution is 5.77. The van der Waals surface area contributed by atoms with E-state index in [9.17, 15) is 9.90 Å². The van der Waals surface area contributed by atoms with Gasteiger partial charge in [0.2, 0.25) is 5.91 Å². The molecule has 1 unspecified atom stereocenters. The van der Waals surface area contributed by atoms with E-state index in [4.69, 9.17) is 9.47 Å². The Kier molecular flexibility index (Phi) is 11.5. The maximum Gasteiger partial charge on any atom is 0.246 e. The van der Waals surface area contributed by atoms with Crippen molar-refractivity contribution < 1.29 is 19.4 Å². The van der Waals surface area contributed by atoms with Gasteiger partial charge < -0.3 is 35.4 Å². The summed E-state index contributed by atoms with van der Waals surface area (Å²) in [5.74, 6) is 1.05. The van der Waals surface area contributed by atoms with Crippen LogP contribution in [0.15, 0.2) is 91.8 Å². The molecule has 2 aliphatic rings. The molecule has 1 saturated heterocycles. The number of benzene rings is 1. The number of ether oxygens (including phenoxy) is 2. The first-order valence-electron chi connectivity index (χ1n) is 15.2. The molecule has 1 aliphatic carbocycles. The normalized spacial score (nSPS) is 20.1. The SMILES string of the molecule is C=C(O)C(CNC(=O)CO[C@@H]1C[C@@H](CNc2ccccn2)N(C(=C)OCc2ccccc2)C1)NC(=C)C1(C)CCCCC1. The van der Waals surface area contributed by atoms with E-state index in [1.807, 2.05) is 48.5 Å². The largest absolute Gasteiger partial charge is 0.511 e. The van der Waals surface area contributed by atoms with Crippen LogP contribution in [0.25, 0.3) is 0 Å². The summed E-state index contributed by atoms with van der Waals surface area (Å²) in [4.78, 5) is 19.2. The van der Waals surface area contributed by atoms with Crippen LogP contribution >= 0.6 is 0 Å². The van der Waals surface area contributed by atoms with Crippen LogP contribution in [-0.2, 0) is 20.9 Å². The number of hydrogen-bond donors (Lipinski definition) is 4. The summed E-state index contributed by atoms with van der Waals surface area (Å²) >= 11 is 0. The van der Waals surface area contributed by atoms with Crippen LogP contribution in [0.1, 0.15) is 51.0 Å². The van der Waals surface area contributed by atoms with Crippen molar-refractivity contribution in [3.8, 4) is 0 Å². The number of nitrogens with one attached hydrogen (secondary N) is 3. The Morgan fingerprint density at radius 1 is 1.12 bits per heavy atom. The van der Waals surface area contributed by atoms with Gasteiger partial charge in [-0.05, 0) is 43.5 Å². The average molecular weight is 590 g/mol. The summed E-state index contributed by atoms with van der Waals surface area (Å²) in [5.41, 5.74) is 1.92. The third kappa shape index (κ3) is 9.51. The molecule has 1 aromatic heterocycles. The molecule has 1 amide bonds. The molecule has 2 heterocycles. The highest BCUT2D eigenvalue weighted by Crippen LogP contribution is 2.40. The third-order valence-corrected chi connectivity index (χ3v) is 8.52. The molecule has 1 aliphatic heterocycles. The van der Waals surface area contributed by atoms with Crippen LogP contribution in [0.4, 0.5) is 5.82 Å². The molecule has 0 spiro atoms. The van der Waals surface area contributed by atoms with Crippen LogP contribution < -0.4 is 16.0 Å². The Hall–Kier alpha value is -3.98. The van der Waals surface area contributed by atoms with Crippen LogP contribution in [0, 0.1) is 5.41 Å². The lowest BCUT2D eigenvalue weighted by atomic mass is 9.73. The summed E-state index contributed by atoms with van der Waals surface area (Å²) in [6.07, 6.45) is 7.95. The lowest BCUT2D eigenvalue weighted by molar-refractivity contribution is -0.127. The zero-order valence-electron chi connectivity index (χ0n) is 25.4. The molecule has 232 valence electrons. The fourth-order valence-electron chi connectivity index (χ4n) is 5.74. The van der Waals surface area contributed by atoms with Crippen molar-refractivity contribution >= 4 is 11.7 Å². The Morgan fingerprint density at radius 2 is 1.86 bits per heavy atom. The monoisotopic (exact) mass is 589 g/mol. The van der Waals surface area contributed by atoms with Gasteiger partial charge >= 0.3 is 0 Å². The van der Waals surface area contributed by atoms with E-state index in [1.165, 1.54) is 19.3 Å². The minimum Gasteiger partial charge on any atom is -0.511 e. The highest BCUT2D eigenvalue weighted by Gasteiger charge is 2.35. The minimum absolute atomic E-state index is 0.0236. The van der Waals surface area contributed by atoms with Gasteiger partial charge in [-0.3, -0.25) is 4.79 Å². The molecular formula is C34H47N5O4. The van der Waals surface area contributed by atoms with E-state index in [1.54, 1.807) is 6.20 Å². The summed E-state index contributed by atoms with van der Waals surface area (Å²) in [6, 6.07) is 15.2. The third-order valence-electron chi connectivity index (χ3n) is 8.52. The van der Waals surface area contributed by atoms with Crippen molar-refractivity contribution in [1.29, 1.82) is 0 Å². The second-order valence-electron chi connectivity index (χ2n) is 11.8. The molecule has 3 atom stereocenters. The number of anilines is 1. The Morgan fingerprint density at radius 3 is 2.56 bits per heavy atom. The fourth-order valence-corrected chi connectivity index (χ4v) is 5.74. The molecule has 2 aromatic rings. The Balaban J connectivity index is 1.27. The van der Waals surface area contributed by atoms with Gasteiger partial charge in [0.25, 0.3) is 0 Å². The van der Waals surface area contributed by atoms with Gasteiger partial charge in [0.05, 0.1) is 12.1 Å². The molecule has 43 heavy (non-hydrogen) atoms. The Labute approximate surface area is 256 Å². The number of aliphatic hydroxyl groups is 1. The van der Waals surface area contributed by atoms with Gasteiger partial charge in [-0.2, -0.15) is 0 Å². The zero-order valence-corrected chi connectivity index (χ0v) is 25.4. The van der Waals surface area contributed by atoms with E-state index >= 15 is 0 Å². The minimum atomic E-state index is -0.524. The van der Waals surface area contributed by atoms with Crippen LogP contribution in [0.5, 0.6) is 0 Å². The van der Waals surface area contributed by atoms with E-state index in [0.29, 0.717) is 32.0 Å². The molecule has 2 fully saturated rings. The number of hydrogen-bond acceptors (Lipinski definition) is 8. The number of pyridine rings is 1.